The molecular formula is C23H26F3N3O5S2. The molecule has 1 amide bonds. The van der Waals surface area contributed by atoms with Crippen LogP contribution >= 0.6 is 0 Å². The average molecular weight is 546 g/mol. The number of hydrogen-bond donors (Lipinski definition) is 1. The van der Waals surface area contributed by atoms with Crippen molar-refractivity contribution in [2.75, 3.05) is 31.5 Å². The number of carbonyl (C=O) groups excluding carboxylic acids is 1. The minimum atomic E-state index is -4.92. The molecular weight excluding hydrogens is 519 g/mol. The molecule has 0 bridgehead atoms. The summed E-state index contributed by atoms with van der Waals surface area (Å²) in [6, 6.07) is 9.20. The molecule has 8 nitrogen and oxygen atoms in total. The zero-order chi connectivity index (χ0) is 26.6. The summed E-state index contributed by atoms with van der Waals surface area (Å²) < 4.78 is 94.1. The highest BCUT2D eigenvalue weighted by atomic mass is 32.2. The van der Waals surface area contributed by atoms with Gasteiger partial charge in [-0.2, -0.15) is 21.8 Å². The van der Waals surface area contributed by atoms with Crippen molar-refractivity contribution in [1.29, 1.82) is 0 Å². The number of nitrogens with zero attached hydrogens (tertiary/aromatic N) is 2. The Kier molecular flexibility index (Phi) is 8.59. The fourth-order valence-electron chi connectivity index (χ4n) is 3.81. The maximum atomic E-state index is 13.4. The van der Waals surface area contributed by atoms with Crippen LogP contribution < -0.4 is 5.32 Å². The van der Waals surface area contributed by atoms with Gasteiger partial charge in [0.05, 0.1) is 21.9 Å². The largest absolute Gasteiger partial charge is 0.417 e. The van der Waals surface area contributed by atoms with Crippen molar-refractivity contribution in [3.63, 3.8) is 0 Å². The number of anilines is 1. The van der Waals surface area contributed by atoms with Crippen LogP contribution in [0.5, 0.6) is 0 Å². The van der Waals surface area contributed by atoms with E-state index in [0.717, 1.165) is 43.5 Å². The molecule has 0 aliphatic carbocycles. The lowest BCUT2D eigenvalue weighted by atomic mass is 10.2. The van der Waals surface area contributed by atoms with E-state index in [1.165, 1.54) is 28.6 Å². The zero-order valence-electron chi connectivity index (χ0n) is 19.2. The Morgan fingerprint density at radius 2 is 1.69 bits per heavy atom. The highest BCUT2D eigenvalue weighted by molar-refractivity contribution is 7.89. The van der Waals surface area contributed by atoms with Gasteiger partial charge < -0.3 is 5.32 Å². The van der Waals surface area contributed by atoms with E-state index in [2.05, 4.69) is 11.9 Å². The lowest BCUT2D eigenvalue weighted by Crippen LogP contribution is -2.39. The van der Waals surface area contributed by atoms with Crippen LogP contribution in [0.2, 0.25) is 0 Å². The number of benzene rings is 2. The third-order valence-corrected chi connectivity index (χ3v) is 9.30. The first-order valence-electron chi connectivity index (χ1n) is 11.0. The number of carbonyl (C=O) groups is 1. The Morgan fingerprint density at radius 3 is 2.33 bits per heavy atom. The zero-order valence-corrected chi connectivity index (χ0v) is 20.9. The molecule has 0 atom stereocenters. The van der Waals surface area contributed by atoms with Crippen LogP contribution in [0.3, 0.4) is 0 Å². The molecule has 0 radical (unpaired) electrons. The van der Waals surface area contributed by atoms with E-state index in [1.807, 2.05) is 0 Å². The first-order valence-corrected chi connectivity index (χ1v) is 13.9. The van der Waals surface area contributed by atoms with Gasteiger partial charge in [-0.05, 0) is 43.2 Å². The second-order valence-corrected chi connectivity index (χ2v) is 12.0. The number of sulfonamides is 2. The van der Waals surface area contributed by atoms with E-state index in [9.17, 15) is 34.8 Å². The second kappa shape index (κ2) is 11.1. The molecule has 0 aromatic heterocycles. The van der Waals surface area contributed by atoms with Crippen molar-refractivity contribution < 1.29 is 34.8 Å². The van der Waals surface area contributed by atoms with Gasteiger partial charge in [0.25, 0.3) is 0 Å². The predicted octanol–water partition coefficient (Wildman–Crippen LogP) is 3.70. The summed E-state index contributed by atoms with van der Waals surface area (Å²) in [4.78, 5) is 11.7. The van der Waals surface area contributed by atoms with Crippen LogP contribution in [0, 0.1) is 0 Å². The SMILES string of the molecule is C=CCN(CC(=O)Nc1cccc(S(=O)(=O)N2CCCCC2)c1)S(=O)(=O)c1ccccc1C(F)(F)F. The van der Waals surface area contributed by atoms with Crippen LogP contribution in [-0.4, -0.2) is 57.5 Å². The summed E-state index contributed by atoms with van der Waals surface area (Å²) in [6.07, 6.45) is -1.33. The molecule has 1 heterocycles. The quantitative estimate of drug-likeness (QED) is 0.484. The van der Waals surface area contributed by atoms with E-state index in [-0.39, 0.29) is 10.6 Å². The van der Waals surface area contributed by atoms with Gasteiger partial charge in [-0.25, -0.2) is 16.8 Å². The molecule has 0 spiro atoms. The van der Waals surface area contributed by atoms with Crippen LogP contribution in [0.1, 0.15) is 24.8 Å². The van der Waals surface area contributed by atoms with Crippen molar-refractivity contribution in [1.82, 2.24) is 8.61 Å². The Labute approximate surface area is 208 Å². The van der Waals surface area contributed by atoms with Gasteiger partial charge in [-0.3, -0.25) is 4.79 Å². The van der Waals surface area contributed by atoms with E-state index in [1.54, 1.807) is 0 Å². The average Bonchev–Trinajstić information content (AvgIpc) is 2.84. The third-order valence-electron chi connectivity index (χ3n) is 5.53. The molecule has 1 saturated heterocycles. The molecule has 36 heavy (non-hydrogen) atoms. The number of hydrogen-bond acceptors (Lipinski definition) is 5. The van der Waals surface area contributed by atoms with E-state index >= 15 is 0 Å². The van der Waals surface area contributed by atoms with Gasteiger partial charge in [0.1, 0.15) is 0 Å². The van der Waals surface area contributed by atoms with Crippen molar-refractivity contribution in [3.05, 3.63) is 66.7 Å². The molecule has 196 valence electrons. The van der Waals surface area contributed by atoms with Gasteiger partial charge in [0.15, 0.2) is 0 Å². The Hall–Kier alpha value is -2.74. The number of nitrogens with one attached hydrogen (secondary N) is 1. The summed E-state index contributed by atoms with van der Waals surface area (Å²) in [7, 11) is -8.51. The van der Waals surface area contributed by atoms with Crippen molar-refractivity contribution >= 4 is 31.6 Å². The number of halogens is 3. The molecule has 3 rings (SSSR count). The molecule has 1 aliphatic heterocycles. The van der Waals surface area contributed by atoms with Gasteiger partial charge in [-0.15, -0.1) is 6.58 Å². The van der Waals surface area contributed by atoms with Crippen molar-refractivity contribution in [3.8, 4) is 0 Å². The third kappa shape index (κ3) is 6.33. The van der Waals surface area contributed by atoms with Crippen molar-refractivity contribution in [2.24, 2.45) is 0 Å². The second-order valence-electron chi connectivity index (χ2n) is 8.12. The van der Waals surface area contributed by atoms with Crippen LogP contribution in [0.4, 0.5) is 18.9 Å². The van der Waals surface area contributed by atoms with Crippen LogP contribution in [0.25, 0.3) is 0 Å². The molecule has 1 aliphatic rings. The van der Waals surface area contributed by atoms with Gasteiger partial charge in [-0.1, -0.05) is 30.7 Å². The Balaban J connectivity index is 1.82. The maximum Gasteiger partial charge on any atom is 0.417 e. The van der Waals surface area contributed by atoms with Crippen LogP contribution in [0.15, 0.2) is 71.0 Å². The normalized spacial score (nSPS) is 15.6. The van der Waals surface area contributed by atoms with Crippen LogP contribution in [-0.2, 0) is 31.0 Å². The highest BCUT2D eigenvalue weighted by Crippen LogP contribution is 2.35. The fraction of sp³-hybridized carbons (Fsp3) is 0.348. The first kappa shape index (κ1) is 27.8. The standard InChI is InChI=1S/C23H26F3N3O5S2/c1-2-13-29(36(33,34)21-12-5-4-11-20(21)23(24,25)26)17-22(30)27-18-9-8-10-19(16-18)35(31,32)28-14-6-3-7-15-28/h2,4-5,8-12,16H,1,3,6-7,13-15,17H2,(H,27,30). The molecule has 2 aromatic carbocycles. The fourth-order valence-corrected chi connectivity index (χ4v) is 6.95. The summed E-state index contributed by atoms with van der Waals surface area (Å²) in [6.45, 7) is 2.97. The van der Waals surface area contributed by atoms with E-state index in [0.29, 0.717) is 23.5 Å². The molecule has 0 saturated carbocycles. The lowest BCUT2D eigenvalue weighted by molar-refractivity contribution is -0.139. The molecule has 1 fully saturated rings. The van der Waals surface area contributed by atoms with Gasteiger partial charge in [0, 0.05) is 25.3 Å². The number of piperidine rings is 1. The van der Waals surface area contributed by atoms with E-state index in [4.69, 9.17) is 0 Å². The minimum Gasteiger partial charge on any atom is -0.325 e. The summed E-state index contributed by atoms with van der Waals surface area (Å²) in [5.41, 5.74) is -1.25. The maximum absolute atomic E-state index is 13.4. The van der Waals surface area contributed by atoms with Crippen molar-refractivity contribution in [2.45, 2.75) is 35.2 Å². The van der Waals surface area contributed by atoms with Gasteiger partial charge in [0.2, 0.25) is 26.0 Å². The minimum absolute atomic E-state index is 0.0307. The van der Waals surface area contributed by atoms with Gasteiger partial charge >= 0.3 is 6.18 Å². The molecule has 13 heteroatoms. The topological polar surface area (TPSA) is 104 Å². The Morgan fingerprint density at radius 1 is 1.03 bits per heavy atom. The molecule has 1 N–H and O–H groups in total. The number of amides is 1. The highest BCUT2D eigenvalue weighted by Gasteiger charge is 2.39. The predicted molar refractivity (Wildman–Crippen MR) is 128 cm³/mol. The summed E-state index contributed by atoms with van der Waals surface area (Å²) in [5.74, 6) is -0.863. The summed E-state index contributed by atoms with van der Waals surface area (Å²) in [5, 5.41) is 2.43. The summed E-state index contributed by atoms with van der Waals surface area (Å²) >= 11 is 0. The first-order chi connectivity index (χ1) is 16.9. The monoisotopic (exact) mass is 545 g/mol. The van der Waals surface area contributed by atoms with E-state index < -0.39 is 55.7 Å². The smallest absolute Gasteiger partial charge is 0.325 e. The number of rotatable bonds is 9. The lowest BCUT2D eigenvalue weighted by Gasteiger charge is -2.26. The Bertz CT molecular complexity index is 1320. The molecule has 0 unspecified atom stereocenters. The molecule has 2 aromatic rings. The number of alkyl halides is 3.